The number of rotatable bonds is 4. The Kier molecular flexibility index (Phi) is 4.30. The van der Waals surface area contributed by atoms with Crippen LogP contribution in [0.25, 0.3) is 10.9 Å². The number of fused-ring (bicyclic) bond motifs is 1. The summed E-state index contributed by atoms with van der Waals surface area (Å²) in [7, 11) is 0. The van der Waals surface area contributed by atoms with Crippen LogP contribution in [0.4, 0.5) is 5.69 Å². The van der Waals surface area contributed by atoms with Crippen LogP contribution in [0.3, 0.4) is 0 Å². The molecule has 3 rings (SSSR count). The summed E-state index contributed by atoms with van der Waals surface area (Å²) < 4.78 is 1.43. The molecule has 1 aromatic carbocycles. The Hall–Kier alpha value is -2.40. The van der Waals surface area contributed by atoms with Crippen molar-refractivity contribution in [1.82, 2.24) is 14.8 Å². The van der Waals surface area contributed by atoms with Crippen molar-refractivity contribution in [2.24, 2.45) is 0 Å². The second-order valence-corrected chi connectivity index (χ2v) is 5.88. The zero-order valence-corrected chi connectivity index (χ0v) is 13.8. The van der Waals surface area contributed by atoms with Gasteiger partial charge in [0.25, 0.3) is 5.56 Å². The van der Waals surface area contributed by atoms with Crippen LogP contribution in [0.15, 0.2) is 41.3 Å². The van der Waals surface area contributed by atoms with E-state index in [1.165, 1.54) is 10.7 Å². The highest BCUT2D eigenvalue weighted by atomic mass is 35.5. The summed E-state index contributed by atoms with van der Waals surface area (Å²) in [4.78, 5) is 16.3. The van der Waals surface area contributed by atoms with Crippen LogP contribution in [-0.4, -0.2) is 21.3 Å². The minimum atomic E-state index is -0.107. The number of benzene rings is 1. The van der Waals surface area contributed by atoms with E-state index in [1.807, 2.05) is 32.0 Å². The lowest BCUT2D eigenvalue weighted by Gasteiger charge is -2.13. The fourth-order valence-corrected chi connectivity index (χ4v) is 2.86. The molecular formula is C17H17ClN4O. The van der Waals surface area contributed by atoms with Gasteiger partial charge < -0.3 is 5.32 Å². The molecule has 1 N–H and O–H groups in total. The van der Waals surface area contributed by atoms with E-state index in [4.69, 9.17) is 11.6 Å². The number of aromatic nitrogens is 3. The molecule has 118 valence electrons. The molecule has 2 heterocycles. The SMILES string of the molecule is Cc1cc(NCCn2ncccc2=O)c2cc(Cl)cc(C)c2n1. The minimum Gasteiger partial charge on any atom is -0.383 e. The second kappa shape index (κ2) is 6.38. The molecule has 0 atom stereocenters. The van der Waals surface area contributed by atoms with Crippen molar-refractivity contribution < 1.29 is 0 Å². The van der Waals surface area contributed by atoms with E-state index in [1.54, 1.807) is 12.3 Å². The first-order valence-corrected chi connectivity index (χ1v) is 7.76. The first kappa shape index (κ1) is 15.5. The third-order valence-electron chi connectivity index (χ3n) is 3.62. The lowest BCUT2D eigenvalue weighted by atomic mass is 10.1. The Morgan fingerprint density at radius 1 is 1.26 bits per heavy atom. The van der Waals surface area contributed by atoms with Gasteiger partial charge in [-0.1, -0.05) is 11.6 Å². The molecule has 0 aliphatic carbocycles. The highest BCUT2D eigenvalue weighted by Crippen LogP contribution is 2.28. The summed E-state index contributed by atoms with van der Waals surface area (Å²) in [5.41, 5.74) is 3.76. The molecular weight excluding hydrogens is 312 g/mol. The van der Waals surface area contributed by atoms with Crippen molar-refractivity contribution in [3.05, 3.63) is 63.2 Å². The highest BCUT2D eigenvalue weighted by Gasteiger charge is 2.08. The van der Waals surface area contributed by atoms with Crippen molar-refractivity contribution >= 4 is 28.2 Å². The molecule has 3 aromatic rings. The maximum Gasteiger partial charge on any atom is 0.266 e. The zero-order chi connectivity index (χ0) is 16.4. The van der Waals surface area contributed by atoms with Crippen LogP contribution in [0, 0.1) is 13.8 Å². The number of aryl methyl sites for hydroxylation is 2. The molecule has 2 aromatic heterocycles. The van der Waals surface area contributed by atoms with Crippen LogP contribution in [0.1, 0.15) is 11.3 Å². The fourth-order valence-electron chi connectivity index (χ4n) is 2.58. The first-order valence-electron chi connectivity index (χ1n) is 7.38. The van der Waals surface area contributed by atoms with Crippen LogP contribution in [-0.2, 0) is 6.54 Å². The molecule has 6 heteroatoms. The van der Waals surface area contributed by atoms with Crippen molar-refractivity contribution in [1.29, 1.82) is 0 Å². The smallest absolute Gasteiger partial charge is 0.266 e. The van der Waals surface area contributed by atoms with E-state index in [0.717, 1.165) is 27.8 Å². The predicted octanol–water partition coefficient (Wildman–Crippen LogP) is 3.17. The van der Waals surface area contributed by atoms with E-state index in [0.29, 0.717) is 18.1 Å². The van der Waals surface area contributed by atoms with Crippen molar-refractivity contribution in [2.45, 2.75) is 20.4 Å². The Morgan fingerprint density at radius 3 is 2.87 bits per heavy atom. The van der Waals surface area contributed by atoms with Gasteiger partial charge in [-0.2, -0.15) is 5.10 Å². The van der Waals surface area contributed by atoms with E-state index < -0.39 is 0 Å². The highest BCUT2D eigenvalue weighted by molar-refractivity contribution is 6.31. The number of anilines is 1. The minimum absolute atomic E-state index is 0.107. The van der Waals surface area contributed by atoms with Gasteiger partial charge in [-0.05, 0) is 43.7 Å². The average Bonchev–Trinajstić information content (AvgIpc) is 2.50. The number of nitrogens with one attached hydrogen (secondary N) is 1. The number of nitrogens with zero attached hydrogens (tertiary/aromatic N) is 3. The Labute approximate surface area is 138 Å². The van der Waals surface area contributed by atoms with Crippen molar-refractivity contribution in [3.8, 4) is 0 Å². The van der Waals surface area contributed by atoms with E-state index in [9.17, 15) is 4.79 Å². The summed E-state index contributed by atoms with van der Waals surface area (Å²) in [6, 6.07) is 8.94. The van der Waals surface area contributed by atoms with E-state index in [2.05, 4.69) is 15.4 Å². The molecule has 0 unspecified atom stereocenters. The lowest BCUT2D eigenvalue weighted by molar-refractivity contribution is 0.598. The van der Waals surface area contributed by atoms with Crippen LogP contribution >= 0.6 is 11.6 Å². The molecule has 0 aliphatic rings. The van der Waals surface area contributed by atoms with Gasteiger partial charge in [0.05, 0.1) is 12.1 Å². The quantitative estimate of drug-likeness (QED) is 0.799. The number of hydrogen-bond acceptors (Lipinski definition) is 4. The summed E-state index contributed by atoms with van der Waals surface area (Å²) in [5.74, 6) is 0. The van der Waals surface area contributed by atoms with Crippen LogP contribution in [0.2, 0.25) is 5.02 Å². The fraction of sp³-hybridized carbons (Fsp3) is 0.235. The average molecular weight is 329 g/mol. The van der Waals surface area contributed by atoms with Gasteiger partial charge in [0.2, 0.25) is 0 Å². The summed E-state index contributed by atoms with van der Waals surface area (Å²) in [5, 5.41) is 9.07. The Balaban J connectivity index is 1.88. The lowest BCUT2D eigenvalue weighted by Crippen LogP contribution is -2.24. The maximum absolute atomic E-state index is 11.7. The maximum atomic E-state index is 11.7. The Morgan fingerprint density at radius 2 is 2.09 bits per heavy atom. The molecule has 0 saturated heterocycles. The largest absolute Gasteiger partial charge is 0.383 e. The Bertz CT molecular complexity index is 920. The van der Waals surface area contributed by atoms with Crippen LogP contribution < -0.4 is 10.9 Å². The first-order chi connectivity index (χ1) is 11.0. The third kappa shape index (κ3) is 3.35. The number of pyridine rings is 1. The molecule has 0 aliphatic heterocycles. The molecule has 0 spiro atoms. The molecule has 0 fully saturated rings. The van der Waals surface area contributed by atoms with Gasteiger partial charge in [-0.15, -0.1) is 0 Å². The van der Waals surface area contributed by atoms with Crippen LogP contribution in [0.5, 0.6) is 0 Å². The molecule has 0 saturated carbocycles. The van der Waals surface area contributed by atoms with Gasteiger partial charge in [-0.25, -0.2) is 4.68 Å². The van der Waals surface area contributed by atoms with Gasteiger partial charge in [-0.3, -0.25) is 9.78 Å². The molecule has 0 radical (unpaired) electrons. The van der Waals surface area contributed by atoms with Gasteiger partial charge in [0.15, 0.2) is 0 Å². The van der Waals surface area contributed by atoms with Crippen molar-refractivity contribution in [3.63, 3.8) is 0 Å². The summed E-state index contributed by atoms with van der Waals surface area (Å²) in [6.07, 6.45) is 1.61. The standard InChI is InChI=1S/C17H17ClN4O/c1-11-8-13(18)10-14-15(9-12(2)21-17(11)14)19-6-7-22-16(23)4-3-5-20-22/h3-5,8-10H,6-7H2,1-2H3,(H,19,21). The zero-order valence-electron chi connectivity index (χ0n) is 13.0. The normalized spacial score (nSPS) is 10.9. The molecule has 5 nitrogen and oxygen atoms in total. The summed E-state index contributed by atoms with van der Waals surface area (Å²) >= 11 is 6.18. The van der Waals surface area contributed by atoms with Gasteiger partial charge in [0.1, 0.15) is 0 Å². The summed E-state index contributed by atoms with van der Waals surface area (Å²) in [6.45, 7) is 5.03. The van der Waals surface area contributed by atoms with Gasteiger partial charge >= 0.3 is 0 Å². The number of hydrogen-bond donors (Lipinski definition) is 1. The number of halogens is 1. The topological polar surface area (TPSA) is 59.8 Å². The molecule has 0 amide bonds. The predicted molar refractivity (Wildman–Crippen MR) is 93.2 cm³/mol. The third-order valence-corrected chi connectivity index (χ3v) is 3.84. The molecule has 23 heavy (non-hydrogen) atoms. The van der Waals surface area contributed by atoms with Gasteiger partial charge in [0, 0.05) is 40.6 Å². The second-order valence-electron chi connectivity index (χ2n) is 5.44. The monoisotopic (exact) mass is 328 g/mol. The van der Waals surface area contributed by atoms with E-state index in [-0.39, 0.29) is 5.56 Å². The van der Waals surface area contributed by atoms with E-state index >= 15 is 0 Å². The van der Waals surface area contributed by atoms with Crippen molar-refractivity contribution in [2.75, 3.05) is 11.9 Å². The molecule has 0 bridgehead atoms.